The van der Waals surface area contributed by atoms with Crippen molar-refractivity contribution in [1.29, 1.82) is 0 Å². The Morgan fingerprint density at radius 2 is 1.09 bits per heavy atom. The minimum Gasteiger partial charge on any atom is -0.307 e. The highest BCUT2D eigenvalue weighted by Crippen LogP contribution is 2.37. The van der Waals surface area contributed by atoms with E-state index in [0.717, 1.165) is 9.13 Å². The van der Waals surface area contributed by atoms with Gasteiger partial charge in [-0.1, -0.05) is 103 Å². The van der Waals surface area contributed by atoms with Gasteiger partial charge in [0.15, 0.2) is 5.82 Å². The summed E-state index contributed by atoms with van der Waals surface area (Å²) in [7, 11) is 0. The molecule has 9 rings (SSSR count). The summed E-state index contributed by atoms with van der Waals surface area (Å²) in [5, 5.41) is -1.45. The number of nitrogens with zero attached hydrogens (tertiary/aromatic N) is 5. The SMILES string of the molecule is [2H]c1nc2c3c([2H])c([2H])c([2H])c([2H])c3n(-c3c([2H])c([2H])c([2H])c([2H])c3-c3nc(-c4c([2H])c([2H])c([2H])c([2H])c4[2H])nc(-n4c5c([2H])c([2H])c([2H])c([2H])c5c5c([2H])c([2H])c([2H])c([2H])c54)c3[2H])c2c([2H])c1[2H]. The van der Waals surface area contributed by atoms with Gasteiger partial charge in [-0.15, -0.1) is 0 Å². The van der Waals surface area contributed by atoms with Crippen molar-refractivity contribution in [1.82, 2.24) is 24.1 Å². The third-order valence-electron chi connectivity index (χ3n) is 6.74. The topological polar surface area (TPSA) is 48.5 Å². The molecule has 9 aromatic rings. The zero-order chi connectivity index (χ0) is 50.8. The molecule has 0 radical (unpaired) electrons. The lowest BCUT2D eigenvalue weighted by Gasteiger charge is -2.16. The summed E-state index contributed by atoms with van der Waals surface area (Å²) in [5.74, 6) is -1.79. The largest absolute Gasteiger partial charge is 0.307 e. The normalized spacial score (nSPS) is 19.6. The van der Waals surface area contributed by atoms with Crippen LogP contribution in [0, 0.1) is 0 Å². The number of rotatable bonds is 4. The molecule has 4 heterocycles. The summed E-state index contributed by atoms with van der Waals surface area (Å²) < 4.78 is 222. The summed E-state index contributed by atoms with van der Waals surface area (Å²) >= 11 is 0. The van der Waals surface area contributed by atoms with E-state index in [2.05, 4.69) is 15.0 Å². The first-order valence-corrected chi connectivity index (χ1v) is 12.7. The molecule has 0 aliphatic rings. The van der Waals surface area contributed by atoms with Crippen molar-refractivity contribution in [3.05, 3.63) is 151 Å². The van der Waals surface area contributed by atoms with Crippen molar-refractivity contribution in [3.63, 3.8) is 0 Å². The number of aromatic nitrogens is 5. The molecule has 0 amide bonds. The molecule has 0 N–H and O–H groups in total. The van der Waals surface area contributed by atoms with Gasteiger partial charge in [0.1, 0.15) is 5.82 Å². The number of hydrogen-bond acceptors (Lipinski definition) is 3. The Balaban J connectivity index is 1.61. The quantitative estimate of drug-likeness (QED) is 0.206. The standard InChI is InChI=1S/C39H25N5/c1-2-13-26(14-3-1)39-41-31(25-37(42-39)44-32-19-8-4-15-27(32)28-16-5-9-20-33(28)44)29-17-6-10-21-34(29)43-35-22-11-7-18-30(35)38-36(43)23-12-24-40-38/h1-25H/i1D,2D,3D,4D,5D,6D,7D,8D,9D,10D,11D,12D,13D,14D,15D,16D,17D,18D,19D,20D,21D,22D,23D,24D,25D. The number of pyridine rings is 1. The Morgan fingerprint density at radius 1 is 0.500 bits per heavy atom. The Kier molecular flexibility index (Phi) is 2.28. The van der Waals surface area contributed by atoms with Crippen LogP contribution in [0.25, 0.3) is 77.9 Å². The predicted molar refractivity (Wildman–Crippen MR) is 179 cm³/mol. The molecule has 0 aliphatic heterocycles. The fraction of sp³-hybridized carbons (Fsp3) is 0. The van der Waals surface area contributed by atoms with E-state index in [9.17, 15) is 4.11 Å². The van der Waals surface area contributed by atoms with Crippen LogP contribution < -0.4 is 0 Å². The summed E-state index contributed by atoms with van der Waals surface area (Å²) in [4.78, 5) is 12.9. The van der Waals surface area contributed by atoms with Crippen molar-refractivity contribution in [2.75, 3.05) is 0 Å². The Hall–Kier alpha value is -6.07. The van der Waals surface area contributed by atoms with Gasteiger partial charge in [0, 0.05) is 39.5 Å². The Labute approximate surface area is 288 Å². The van der Waals surface area contributed by atoms with Gasteiger partial charge >= 0.3 is 0 Å². The maximum absolute atomic E-state index is 9.90. The molecule has 0 fully saturated rings. The molecular weight excluding hydrogens is 538 g/mol. The van der Waals surface area contributed by atoms with Gasteiger partial charge in [-0.25, -0.2) is 9.97 Å². The van der Waals surface area contributed by atoms with Crippen LogP contribution in [0.5, 0.6) is 0 Å². The van der Waals surface area contributed by atoms with Gasteiger partial charge in [0.25, 0.3) is 0 Å². The lowest BCUT2D eigenvalue weighted by Crippen LogP contribution is -2.04. The smallest absolute Gasteiger partial charge is 0.162 e. The van der Waals surface area contributed by atoms with E-state index < -0.39 is 229 Å². The van der Waals surface area contributed by atoms with Crippen LogP contribution in [0.3, 0.4) is 0 Å². The number of benzene rings is 5. The molecule has 0 atom stereocenters. The number of fused-ring (bicyclic) bond motifs is 6. The summed E-state index contributed by atoms with van der Waals surface area (Å²) in [6, 6.07) is -21.6. The van der Waals surface area contributed by atoms with Gasteiger partial charge in [-0.3, -0.25) is 9.55 Å². The van der Waals surface area contributed by atoms with Crippen molar-refractivity contribution >= 4 is 43.7 Å². The molecule has 5 nitrogen and oxygen atoms in total. The first kappa shape index (κ1) is 10.3. The van der Waals surface area contributed by atoms with Crippen LogP contribution in [0.4, 0.5) is 0 Å². The van der Waals surface area contributed by atoms with Crippen LogP contribution in [-0.2, 0) is 0 Å². The van der Waals surface area contributed by atoms with E-state index in [1.807, 2.05) is 0 Å². The van der Waals surface area contributed by atoms with E-state index in [1.165, 1.54) is 0 Å². The molecule has 0 spiro atoms. The average molecular weight is 589 g/mol. The zero-order valence-corrected chi connectivity index (χ0v) is 21.7. The zero-order valence-electron chi connectivity index (χ0n) is 46.7. The molecule has 4 aromatic heterocycles. The lowest BCUT2D eigenvalue weighted by atomic mass is 10.1. The first-order valence-electron chi connectivity index (χ1n) is 25.2. The van der Waals surface area contributed by atoms with Crippen LogP contribution in [0.15, 0.2) is 151 Å². The van der Waals surface area contributed by atoms with E-state index in [-0.39, 0.29) is 0 Å². The molecule has 0 saturated heterocycles. The molecule has 5 heteroatoms. The predicted octanol–water partition coefficient (Wildman–Crippen LogP) is 9.40. The monoisotopic (exact) mass is 588 g/mol. The summed E-state index contributed by atoms with van der Waals surface area (Å²) in [6.07, 6.45) is -0.812. The minimum absolute atomic E-state index is 0.459. The number of hydrogen-bond donors (Lipinski definition) is 0. The molecular formula is C39H25N5. The van der Waals surface area contributed by atoms with Crippen LogP contribution >= 0.6 is 0 Å². The third-order valence-corrected chi connectivity index (χ3v) is 6.74. The minimum atomic E-state index is -1.06. The second kappa shape index (κ2) is 9.75. The third kappa shape index (κ3) is 3.69. The number of para-hydroxylation sites is 4. The molecule has 0 bridgehead atoms. The second-order valence-corrected chi connectivity index (χ2v) is 9.08. The maximum atomic E-state index is 9.90. The average Bonchev–Trinajstić information content (AvgIpc) is 3.85. The van der Waals surface area contributed by atoms with Gasteiger partial charge in [0.2, 0.25) is 0 Å². The summed E-state index contributed by atoms with van der Waals surface area (Å²) in [5.41, 5.74) is -6.28. The van der Waals surface area contributed by atoms with Crippen LogP contribution in [0.2, 0.25) is 0 Å². The molecule has 206 valence electrons. The molecule has 0 aliphatic carbocycles. The van der Waals surface area contributed by atoms with Gasteiger partial charge in [0.05, 0.1) is 73.2 Å². The maximum Gasteiger partial charge on any atom is 0.162 e. The first-order chi connectivity index (χ1) is 32.2. The highest BCUT2D eigenvalue weighted by molar-refractivity contribution is 6.09. The Bertz CT molecular complexity index is 3810. The fourth-order valence-corrected chi connectivity index (χ4v) is 4.97. The van der Waals surface area contributed by atoms with Crippen molar-refractivity contribution in [2.24, 2.45) is 0 Å². The molecule has 44 heavy (non-hydrogen) atoms. The molecule has 0 unspecified atom stereocenters. The molecule has 0 saturated carbocycles. The molecule has 5 aromatic carbocycles. The Morgan fingerprint density at radius 3 is 1.84 bits per heavy atom. The second-order valence-electron chi connectivity index (χ2n) is 9.08. The van der Waals surface area contributed by atoms with E-state index in [0.29, 0.717) is 0 Å². The van der Waals surface area contributed by atoms with Crippen LogP contribution in [-0.4, -0.2) is 24.1 Å². The fourth-order valence-electron chi connectivity index (χ4n) is 4.97. The van der Waals surface area contributed by atoms with Crippen molar-refractivity contribution in [2.45, 2.75) is 0 Å². The highest BCUT2D eigenvalue weighted by Gasteiger charge is 2.20. The van der Waals surface area contributed by atoms with Crippen LogP contribution in [0.1, 0.15) is 34.3 Å². The highest BCUT2D eigenvalue weighted by atomic mass is 15.1. The van der Waals surface area contributed by atoms with Gasteiger partial charge in [-0.05, 0) is 36.3 Å². The lowest BCUT2D eigenvalue weighted by molar-refractivity contribution is 1.04. The van der Waals surface area contributed by atoms with E-state index in [1.54, 1.807) is 0 Å². The van der Waals surface area contributed by atoms with E-state index >= 15 is 0 Å². The van der Waals surface area contributed by atoms with Crippen molar-refractivity contribution < 1.29 is 34.3 Å². The van der Waals surface area contributed by atoms with Gasteiger partial charge in [-0.2, -0.15) is 0 Å². The van der Waals surface area contributed by atoms with Crippen molar-refractivity contribution in [3.8, 4) is 34.2 Å². The van der Waals surface area contributed by atoms with Gasteiger partial charge < -0.3 is 4.57 Å². The summed E-state index contributed by atoms with van der Waals surface area (Å²) in [6.45, 7) is 0. The van der Waals surface area contributed by atoms with E-state index in [4.69, 9.17) is 30.2 Å².